The van der Waals surface area contributed by atoms with Crippen LogP contribution >= 0.6 is 11.3 Å². The maximum atomic E-state index is 13.0. The SMILES string of the molecule is NC(=O)c1nc(N2CCC[C@@H](CC(=O)N3Cc4ccccc4C3)C2)sc1Cc1ccccn1. The molecule has 0 spiro atoms. The molecule has 1 atom stereocenters. The van der Waals surface area contributed by atoms with Crippen LogP contribution in [-0.2, 0) is 24.3 Å². The smallest absolute Gasteiger partial charge is 0.268 e. The van der Waals surface area contributed by atoms with Crippen molar-refractivity contribution in [1.82, 2.24) is 14.9 Å². The van der Waals surface area contributed by atoms with E-state index in [4.69, 9.17) is 5.73 Å². The van der Waals surface area contributed by atoms with Crippen LogP contribution in [0.3, 0.4) is 0 Å². The number of aromatic nitrogens is 2. The van der Waals surface area contributed by atoms with Crippen molar-refractivity contribution in [1.29, 1.82) is 0 Å². The lowest BCUT2D eigenvalue weighted by molar-refractivity contribution is -0.132. The summed E-state index contributed by atoms with van der Waals surface area (Å²) in [6.07, 6.45) is 4.84. The zero-order chi connectivity index (χ0) is 22.8. The van der Waals surface area contributed by atoms with Gasteiger partial charge in [-0.15, -0.1) is 11.3 Å². The lowest BCUT2D eigenvalue weighted by Crippen LogP contribution is -2.38. The lowest BCUT2D eigenvalue weighted by atomic mass is 9.94. The summed E-state index contributed by atoms with van der Waals surface area (Å²) < 4.78 is 0. The van der Waals surface area contributed by atoms with Crippen LogP contribution in [0.1, 0.15) is 51.4 Å². The number of piperidine rings is 1. The van der Waals surface area contributed by atoms with Crippen LogP contribution in [0.2, 0.25) is 0 Å². The van der Waals surface area contributed by atoms with Crippen molar-refractivity contribution >= 4 is 28.3 Å². The summed E-state index contributed by atoms with van der Waals surface area (Å²) in [4.78, 5) is 39.0. The van der Waals surface area contributed by atoms with Crippen molar-refractivity contribution in [2.75, 3.05) is 18.0 Å². The topological polar surface area (TPSA) is 92.4 Å². The van der Waals surface area contributed by atoms with E-state index in [0.717, 1.165) is 41.6 Å². The average Bonchev–Trinajstić information content (AvgIpc) is 3.45. The van der Waals surface area contributed by atoms with Gasteiger partial charge in [-0.25, -0.2) is 4.98 Å². The van der Waals surface area contributed by atoms with Gasteiger partial charge in [-0.2, -0.15) is 0 Å². The first-order chi connectivity index (χ1) is 16.1. The van der Waals surface area contributed by atoms with E-state index in [9.17, 15) is 9.59 Å². The number of amides is 2. The third-order valence-electron chi connectivity index (χ3n) is 6.43. The summed E-state index contributed by atoms with van der Waals surface area (Å²) in [5, 5.41) is 0.806. The van der Waals surface area contributed by atoms with Crippen LogP contribution in [0.5, 0.6) is 0 Å². The molecule has 33 heavy (non-hydrogen) atoms. The first kappa shape index (κ1) is 21.6. The van der Waals surface area contributed by atoms with Crippen LogP contribution in [0.25, 0.3) is 0 Å². The number of fused-ring (bicyclic) bond motifs is 1. The van der Waals surface area contributed by atoms with Crippen LogP contribution in [-0.4, -0.2) is 39.8 Å². The van der Waals surface area contributed by atoms with Gasteiger partial charge in [0, 0.05) is 55.8 Å². The number of carbonyl (C=O) groups is 2. The van der Waals surface area contributed by atoms with E-state index in [1.165, 1.54) is 22.5 Å². The van der Waals surface area contributed by atoms with Crippen molar-refractivity contribution < 1.29 is 9.59 Å². The second kappa shape index (κ2) is 9.31. The number of carbonyl (C=O) groups excluding carboxylic acids is 2. The highest BCUT2D eigenvalue weighted by atomic mass is 32.1. The van der Waals surface area contributed by atoms with Crippen LogP contribution in [0, 0.1) is 5.92 Å². The second-order valence-corrected chi connectivity index (χ2v) is 9.87. The molecule has 2 aliphatic heterocycles. The predicted octanol–water partition coefficient (Wildman–Crippen LogP) is 3.38. The van der Waals surface area contributed by atoms with E-state index in [0.29, 0.717) is 31.6 Å². The minimum absolute atomic E-state index is 0.214. The number of hydrogen-bond acceptors (Lipinski definition) is 6. The molecule has 4 heterocycles. The van der Waals surface area contributed by atoms with Crippen LogP contribution in [0.15, 0.2) is 48.7 Å². The molecule has 1 aromatic carbocycles. The summed E-state index contributed by atoms with van der Waals surface area (Å²) in [6, 6.07) is 14.0. The zero-order valence-corrected chi connectivity index (χ0v) is 19.3. The average molecular weight is 462 g/mol. The van der Waals surface area contributed by atoms with Crippen LogP contribution in [0.4, 0.5) is 5.13 Å². The number of pyridine rings is 1. The van der Waals surface area contributed by atoms with Crippen molar-refractivity contribution in [3.63, 3.8) is 0 Å². The van der Waals surface area contributed by atoms with Gasteiger partial charge in [-0.3, -0.25) is 14.6 Å². The zero-order valence-electron chi connectivity index (χ0n) is 18.4. The molecule has 3 aromatic rings. The number of thiazole rings is 1. The quantitative estimate of drug-likeness (QED) is 0.608. The highest BCUT2D eigenvalue weighted by molar-refractivity contribution is 7.16. The fraction of sp³-hybridized carbons (Fsp3) is 0.360. The minimum atomic E-state index is -0.513. The number of hydrogen-bond donors (Lipinski definition) is 1. The van der Waals surface area contributed by atoms with Gasteiger partial charge in [0.15, 0.2) is 5.13 Å². The minimum Gasteiger partial charge on any atom is -0.364 e. The van der Waals surface area contributed by atoms with Crippen molar-refractivity contribution in [2.24, 2.45) is 11.7 Å². The normalized spacial score (nSPS) is 17.8. The van der Waals surface area contributed by atoms with E-state index >= 15 is 0 Å². The molecule has 2 amide bonds. The fourth-order valence-corrected chi connectivity index (χ4v) is 5.86. The van der Waals surface area contributed by atoms with Gasteiger partial charge in [-0.05, 0) is 42.0 Å². The molecule has 1 saturated heterocycles. The highest BCUT2D eigenvalue weighted by Gasteiger charge is 2.29. The Hall–Kier alpha value is -3.26. The van der Waals surface area contributed by atoms with Crippen LogP contribution < -0.4 is 10.6 Å². The second-order valence-electron chi connectivity index (χ2n) is 8.81. The lowest BCUT2D eigenvalue weighted by Gasteiger charge is -2.33. The predicted molar refractivity (Wildman–Crippen MR) is 128 cm³/mol. The number of anilines is 1. The van der Waals surface area contributed by atoms with Crippen molar-refractivity contribution in [3.05, 3.63) is 76.1 Å². The largest absolute Gasteiger partial charge is 0.364 e. The molecule has 7 nitrogen and oxygen atoms in total. The van der Waals surface area contributed by atoms with Crippen molar-refractivity contribution in [2.45, 2.75) is 38.8 Å². The van der Waals surface area contributed by atoms with Gasteiger partial charge in [-0.1, -0.05) is 30.3 Å². The van der Waals surface area contributed by atoms with E-state index in [-0.39, 0.29) is 11.8 Å². The summed E-state index contributed by atoms with van der Waals surface area (Å²) >= 11 is 1.51. The number of nitrogens with zero attached hydrogens (tertiary/aromatic N) is 4. The standard InChI is InChI=1S/C25H27N5O2S/c26-24(32)23-21(13-20-9-3-4-10-27-20)33-25(28-23)29-11-5-6-17(14-29)12-22(31)30-15-18-7-1-2-8-19(18)16-30/h1-4,7-10,17H,5-6,11-16H2,(H2,26,32)/t17-/m0/s1. The summed E-state index contributed by atoms with van der Waals surface area (Å²) in [7, 11) is 0. The number of benzene rings is 1. The first-order valence-electron chi connectivity index (χ1n) is 11.4. The Morgan fingerprint density at radius 1 is 1.09 bits per heavy atom. The first-order valence-corrected chi connectivity index (χ1v) is 12.2. The summed E-state index contributed by atoms with van der Waals surface area (Å²) in [5.74, 6) is -0.0262. The Balaban J connectivity index is 1.25. The molecule has 0 radical (unpaired) electrons. The fourth-order valence-electron chi connectivity index (χ4n) is 4.75. The third-order valence-corrected chi connectivity index (χ3v) is 7.55. The molecule has 2 aromatic heterocycles. The van der Waals surface area contributed by atoms with E-state index in [2.05, 4.69) is 27.0 Å². The molecule has 0 saturated carbocycles. The molecule has 8 heteroatoms. The molecular weight excluding hydrogens is 434 g/mol. The molecule has 2 N–H and O–H groups in total. The summed E-state index contributed by atoms with van der Waals surface area (Å²) in [6.45, 7) is 3.05. The molecule has 170 valence electrons. The van der Waals surface area contributed by atoms with Gasteiger partial charge < -0.3 is 15.5 Å². The van der Waals surface area contributed by atoms with Gasteiger partial charge in [0.25, 0.3) is 5.91 Å². The Morgan fingerprint density at radius 2 is 1.85 bits per heavy atom. The van der Waals surface area contributed by atoms with E-state index < -0.39 is 5.91 Å². The van der Waals surface area contributed by atoms with Gasteiger partial charge in [0.2, 0.25) is 5.91 Å². The Kier molecular flexibility index (Phi) is 6.09. The Labute approximate surface area is 197 Å². The monoisotopic (exact) mass is 461 g/mol. The molecular formula is C25H27N5O2S. The number of nitrogens with two attached hydrogens (primary N) is 1. The third kappa shape index (κ3) is 4.75. The van der Waals surface area contributed by atoms with Crippen molar-refractivity contribution in [3.8, 4) is 0 Å². The maximum absolute atomic E-state index is 13.0. The maximum Gasteiger partial charge on any atom is 0.268 e. The molecule has 1 fully saturated rings. The van der Waals surface area contributed by atoms with Gasteiger partial charge in [0.1, 0.15) is 5.69 Å². The molecule has 2 aliphatic rings. The Morgan fingerprint density at radius 3 is 2.55 bits per heavy atom. The van der Waals surface area contributed by atoms with Gasteiger partial charge >= 0.3 is 0 Å². The van der Waals surface area contributed by atoms with E-state index in [1.54, 1.807) is 6.20 Å². The molecule has 0 bridgehead atoms. The Bertz CT molecular complexity index is 1140. The highest BCUT2D eigenvalue weighted by Crippen LogP contribution is 2.32. The molecule has 5 rings (SSSR count). The molecule has 0 aliphatic carbocycles. The van der Waals surface area contributed by atoms with Gasteiger partial charge in [0.05, 0.1) is 0 Å². The number of primary amides is 1. The van der Waals surface area contributed by atoms with E-state index in [1.807, 2.05) is 35.2 Å². The number of rotatable bonds is 6. The molecule has 0 unspecified atom stereocenters. The summed E-state index contributed by atoms with van der Waals surface area (Å²) in [5.41, 5.74) is 9.33.